The second-order valence-corrected chi connectivity index (χ2v) is 8.91. The van der Waals surface area contributed by atoms with E-state index in [9.17, 15) is 18.0 Å². The van der Waals surface area contributed by atoms with Gasteiger partial charge in [-0.25, -0.2) is 8.42 Å². The summed E-state index contributed by atoms with van der Waals surface area (Å²) in [5.41, 5.74) is 1.56. The lowest BCUT2D eigenvalue weighted by Gasteiger charge is -2.34. The third-order valence-corrected chi connectivity index (χ3v) is 6.24. The molecule has 0 spiro atoms. The number of sulfonamides is 1. The fraction of sp³-hybridized carbons (Fsp3) is 0.556. The molecule has 2 aliphatic heterocycles. The van der Waals surface area contributed by atoms with E-state index in [1.165, 1.54) is 12.8 Å². The summed E-state index contributed by atoms with van der Waals surface area (Å²) in [5, 5.41) is 0. The van der Waals surface area contributed by atoms with Crippen molar-refractivity contribution in [2.45, 2.75) is 12.8 Å². The number of hydrogen-bond donors (Lipinski definition) is 0. The molecule has 8 nitrogen and oxygen atoms in total. The number of piperazine rings is 1. The Morgan fingerprint density at radius 3 is 2.15 bits per heavy atom. The maximum Gasteiger partial charge on any atom is 0.243 e. The molecular formula is C18H26N4O4S. The Bertz CT molecular complexity index is 767. The van der Waals surface area contributed by atoms with E-state index < -0.39 is 10.0 Å². The van der Waals surface area contributed by atoms with Gasteiger partial charge in [0, 0.05) is 45.0 Å². The minimum atomic E-state index is -3.59. The first kappa shape index (κ1) is 19.5. The maximum atomic E-state index is 12.6. The first-order valence-corrected chi connectivity index (χ1v) is 11.0. The van der Waals surface area contributed by atoms with Gasteiger partial charge in [-0.2, -0.15) is 0 Å². The van der Waals surface area contributed by atoms with Crippen LogP contribution in [0, 0.1) is 0 Å². The topological polar surface area (TPSA) is 81.2 Å². The minimum absolute atomic E-state index is 0.233. The predicted octanol–water partition coefficient (Wildman–Crippen LogP) is 0.353. The first-order valence-electron chi connectivity index (χ1n) is 9.18. The molecule has 0 radical (unpaired) electrons. The highest BCUT2D eigenvalue weighted by atomic mass is 32.2. The maximum absolute atomic E-state index is 12.6. The molecular weight excluding hydrogens is 368 g/mol. The van der Waals surface area contributed by atoms with Crippen LogP contribution in [0.1, 0.15) is 12.8 Å². The fourth-order valence-electron chi connectivity index (χ4n) is 3.50. The largest absolute Gasteiger partial charge is 0.372 e. The molecule has 0 aliphatic carbocycles. The number of rotatable bonds is 6. The Morgan fingerprint density at radius 2 is 1.63 bits per heavy atom. The van der Waals surface area contributed by atoms with E-state index in [1.54, 1.807) is 21.9 Å². The van der Waals surface area contributed by atoms with E-state index in [1.807, 2.05) is 12.1 Å². The van der Waals surface area contributed by atoms with Crippen molar-refractivity contribution in [3.8, 4) is 0 Å². The minimum Gasteiger partial charge on any atom is -0.372 e. The average Bonchev–Trinajstić information content (AvgIpc) is 3.20. The molecule has 1 aromatic rings. The van der Waals surface area contributed by atoms with Crippen LogP contribution in [0.15, 0.2) is 24.3 Å². The van der Waals surface area contributed by atoms with Gasteiger partial charge in [-0.1, -0.05) is 0 Å². The Kier molecular flexibility index (Phi) is 5.88. The zero-order chi connectivity index (χ0) is 19.4. The predicted molar refractivity (Wildman–Crippen MR) is 104 cm³/mol. The zero-order valence-corrected chi connectivity index (χ0v) is 16.4. The standard InChI is InChI=1S/C18H26N4O4S/c1-27(25,26)22(14-18(24)21-12-10-19(15-23)11-13-21)17-6-4-16(5-7-17)20-8-2-3-9-20/h4-7,15H,2-3,8-14H2,1H3. The van der Waals surface area contributed by atoms with Crippen molar-refractivity contribution in [2.24, 2.45) is 0 Å². The third-order valence-electron chi connectivity index (χ3n) is 5.10. The number of benzene rings is 1. The van der Waals surface area contributed by atoms with Gasteiger partial charge in [0.2, 0.25) is 22.3 Å². The van der Waals surface area contributed by atoms with Crippen LogP contribution in [0.3, 0.4) is 0 Å². The smallest absolute Gasteiger partial charge is 0.243 e. The van der Waals surface area contributed by atoms with Gasteiger partial charge in [0.15, 0.2) is 0 Å². The molecule has 0 aromatic heterocycles. The Hall–Kier alpha value is -2.29. The summed E-state index contributed by atoms with van der Waals surface area (Å²) in [7, 11) is -3.59. The molecule has 3 rings (SSSR count). The van der Waals surface area contributed by atoms with E-state index in [4.69, 9.17) is 0 Å². The molecule has 0 N–H and O–H groups in total. The monoisotopic (exact) mass is 394 g/mol. The Balaban J connectivity index is 1.70. The van der Waals surface area contributed by atoms with E-state index in [2.05, 4.69) is 4.90 Å². The lowest BCUT2D eigenvalue weighted by molar-refractivity contribution is -0.133. The zero-order valence-electron chi connectivity index (χ0n) is 15.6. The molecule has 1 aromatic carbocycles. The summed E-state index contributed by atoms with van der Waals surface area (Å²) in [6, 6.07) is 7.33. The van der Waals surface area contributed by atoms with Crippen LogP contribution < -0.4 is 9.21 Å². The van der Waals surface area contributed by atoms with Gasteiger partial charge in [0.05, 0.1) is 11.9 Å². The van der Waals surface area contributed by atoms with Crippen molar-refractivity contribution in [3.05, 3.63) is 24.3 Å². The summed E-state index contributed by atoms with van der Waals surface area (Å²) in [5.74, 6) is -0.255. The molecule has 0 atom stereocenters. The molecule has 2 saturated heterocycles. The molecule has 2 aliphatic rings. The summed E-state index contributed by atoms with van der Waals surface area (Å²) in [6.07, 6.45) is 4.22. The van der Waals surface area contributed by atoms with E-state index in [0.29, 0.717) is 31.9 Å². The van der Waals surface area contributed by atoms with E-state index >= 15 is 0 Å². The van der Waals surface area contributed by atoms with Gasteiger partial charge in [0.25, 0.3) is 0 Å². The lowest BCUT2D eigenvalue weighted by Crippen LogP contribution is -2.51. The van der Waals surface area contributed by atoms with Crippen LogP contribution in [0.25, 0.3) is 0 Å². The average molecular weight is 394 g/mol. The first-order chi connectivity index (χ1) is 12.9. The normalized spacial score (nSPS) is 17.9. The van der Waals surface area contributed by atoms with Gasteiger partial charge in [-0.15, -0.1) is 0 Å². The van der Waals surface area contributed by atoms with E-state index in [-0.39, 0.29) is 12.5 Å². The number of nitrogens with zero attached hydrogens (tertiary/aromatic N) is 4. The van der Waals surface area contributed by atoms with Crippen molar-refractivity contribution in [3.63, 3.8) is 0 Å². The number of anilines is 2. The highest BCUT2D eigenvalue weighted by Crippen LogP contribution is 2.25. The van der Waals surface area contributed by atoms with Gasteiger partial charge >= 0.3 is 0 Å². The molecule has 0 bridgehead atoms. The number of amides is 2. The van der Waals surface area contributed by atoms with Gasteiger partial charge in [-0.05, 0) is 37.1 Å². The molecule has 9 heteroatoms. The summed E-state index contributed by atoms with van der Waals surface area (Å²) >= 11 is 0. The quantitative estimate of drug-likeness (QED) is 0.651. The summed E-state index contributed by atoms with van der Waals surface area (Å²) in [6.45, 7) is 3.58. The van der Waals surface area contributed by atoms with E-state index in [0.717, 1.165) is 35.7 Å². The second kappa shape index (κ2) is 8.16. The molecule has 148 valence electrons. The lowest BCUT2D eigenvalue weighted by atomic mass is 10.2. The highest BCUT2D eigenvalue weighted by Gasteiger charge is 2.26. The molecule has 2 heterocycles. The summed E-state index contributed by atoms with van der Waals surface area (Å²) in [4.78, 5) is 28.9. The van der Waals surface area contributed by atoms with Crippen molar-refractivity contribution < 1.29 is 18.0 Å². The molecule has 2 amide bonds. The fourth-order valence-corrected chi connectivity index (χ4v) is 4.35. The molecule has 0 unspecified atom stereocenters. The number of carbonyl (C=O) groups is 2. The van der Waals surface area contributed by atoms with Crippen LogP contribution in [0.5, 0.6) is 0 Å². The third kappa shape index (κ3) is 4.71. The molecule has 0 saturated carbocycles. The van der Waals surface area contributed by atoms with Crippen molar-refractivity contribution >= 4 is 33.7 Å². The van der Waals surface area contributed by atoms with Crippen LogP contribution in [-0.4, -0.2) is 82.6 Å². The SMILES string of the molecule is CS(=O)(=O)N(CC(=O)N1CCN(C=O)CC1)c1ccc(N2CCCC2)cc1. The van der Waals surface area contributed by atoms with Crippen LogP contribution in [0.4, 0.5) is 11.4 Å². The van der Waals surface area contributed by atoms with Gasteiger partial charge in [-0.3, -0.25) is 13.9 Å². The molecule has 2 fully saturated rings. The van der Waals surface area contributed by atoms with Crippen molar-refractivity contribution in [1.82, 2.24) is 9.80 Å². The van der Waals surface area contributed by atoms with Crippen LogP contribution >= 0.6 is 0 Å². The van der Waals surface area contributed by atoms with Crippen molar-refractivity contribution in [1.29, 1.82) is 0 Å². The highest BCUT2D eigenvalue weighted by molar-refractivity contribution is 7.92. The second-order valence-electron chi connectivity index (χ2n) is 7.00. The Morgan fingerprint density at radius 1 is 1.04 bits per heavy atom. The van der Waals surface area contributed by atoms with Crippen LogP contribution in [-0.2, 0) is 19.6 Å². The van der Waals surface area contributed by atoms with Gasteiger partial charge < -0.3 is 14.7 Å². The van der Waals surface area contributed by atoms with Gasteiger partial charge in [0.1, 0.15) is 6.54 Å². The van der Waals surface area contributed by atoms with Crippen LogP contribution in [0.2, 0.25) is 0 Å². The number of carbonyl (C=O) groups excluding carboxylic acids is 2. The van der Waals surface area contributed by atoms with Crippen molar-refractivity contribution in [2.75, 3.05) is 61.3 Å². The summed E-state index contributed by atoms with van der Waals surface area (Å²) < 4.78 is 25.7. The molecule has 27 heavy (non-hydrogen) atoms. The Labute approximate surface area is 160 Å². The number of hydrogen-bond acceptors (Lipinski definition) is 5.